The van der Waals surface area contributed by atoms with Crippen LogP contribution < -0.4 is 9.47 Å². The fourth-order valence-electron chi connectivity index (χ4n) is 2.53. The van der Waals surface area contributed by atoms with Gasteiger partial charge in [-0.2, -0.15) is 5.26 Å². The number of benzene rings is 2. The van der Waals surface area contributed by atoms with Gasteiger partial charge in [0.25, 0.3) is 0 Å². The lowest BCUT2D eigenvalue weighted by Crippen LogP contribution is -1.99. The number of aliphatic hydroxyl groups excluding tert-OH is 1. The second kappa shape index (κ2) is 8.60. The molecule has 2 N–H and O–H groups in total. The molecule has 8 nitrogen and oxygen atoms in total. The van der Waals surface area contributed by atoms with Gasteiger partial charge in [0, 0.05) is 5.56 Å². The molecule has 1 aromatic heterocycles. The minimum Gasteiger partial charge on any atom is -0.507 e. The molecule has 0 saturated heterocycles. The van der Waals surface area contributed by atoms with Crippen LogP contribution in [-0.2, 0) is 4.84 Å². The third kappa shape index (κ3) is 4.04. The summed E-state index contributed by atoms with van der Waals surface area (Å²) in [6, 6.07) is 14.5. The Morgan fingerprint density at radius 3 is 2.71 bits per heavy atom. The fourth-order valence-corrected chi connectivity index (χ4v) is 2.53. The van der Waals surface area contributed by atoms with E-state index in [9.17, 15) is 10.4 Å². The highest BCUT2D eigenvalue weighted by Gasteiger charge is 2.13. The SMILES string of the molecule is COc1ccc(C=NOC/C(O)=C(\C#N)c2nc3ccccc3[nH]2)cc1OC. The number of aliphatic hydroxyl groups is 1. The molecule has 0 aliphatic carbocycles. The first-order valence-electron chi connectivity index (χ1n) is 8.31. The third-order valence-corrected chi connectivity index (χ3v) is 3.91. The van der Waals surface area contributed by atoms with Crippen molar-refractivity contribution in [1.29, 1.82) is 5.26 Å². The van der Waals surface area contributed by atoms with Gasteiger partial charge in [-0.25, -0.2) is 4.98 Å². The van der Waals surface area contributed by atoms with Crippen LogP contribution in [0.1, 0.15) is 11.4 Å². The van der Waals surface area contributed by atoms with Gasteiger partial charge in [0.15, 0.2) is 29.7 Å². The van der Waals surface area contributed by atoms with Crippen molar-refractivity contribution in [3.8, 4) is 17.6 Å². The van der Waals surface area contributed by atoms with Gasteiger partial charge in [0.1, 0.15) is 11.6 Å². The second-order valence-electron chi connectivity index (χ2n) is 5.66. The first-order chi connectivity index (χ1) is 13.7. The molecule has 8 heteroatoms. The van der Waals surface area contributed by atoms with E-state index < -0.39 is 0 Å². The van der Waals surface area contributed by atoms with Gasteiger partial charge in [-0.15, -0.1) is 0 Å². The fraction of sp³-hybridized carbons (Fsp3) is 0.150. The van der Waals surface area contributed by atoms with Crippen molar-refractivity contribution in [3.63, 3.8) is 0 Å². The minimum absolute atomic E-state index is 0.00230. The summed E-state index contributed by atoms with van der Waals surface area (Å²) in [5.41, 5.74) is 2.19. The summed E-state index contributed by atoms with van der Waals surface area (Å²) in [6.45, 7) is -0.274. The van der Waals surface area contributed by atoms with E-state index in [2.05, 4.69) is 15.1 Å². The molecule has 0 fully saturated rings. The van der Waals surface area contributed by atoms with Crippen LogP contribution in [0.15, 0.2) is 53.4 Å². The lowest BCUT2D eigenvalue weighted by Gasteiger charge is -2.07. The van der Waals surface area contributed by atoms with Crippen LogP contribution in [0.3, 0.4) is 0 Å². The number of fused-ring (bicyclic) bond motifs is 1. The average Bonchev–Trinajstić information content (AvgIpc) is 3.15. The number of allylic oxidation sites excluding steroid dienone is 1. The van der Waals surface area contributed by atoms with E-state index in [-0.39, 0.29) is 23.8 Å². The number of H-pyrrole nitrogens is 1. The van der Waals surface area contributed by atoms with Crippen molar-refractivity contribution in [2.75, 3.05) is 20.8 Å². The van der Waals surface area contributed by atoms with Gasteiger partial charge >= 0.3 is 0 Å². The normalized spacial score (nSPS) is 11.9. The number of nitriles is 1. The highest BCUT2D eigenvalue weighted by Crippen LogP contribution is 2.27. The lowest BCUT2D eigenvalue weighted by molar-refractivity contribution is 0.139. The van der Waals surface area contributed by atoms with Crippen molar-refractivity contribution in [2.45, 2.75) is 0 Å². The molecule has 3 aromatic rings. The predicted octanol–water partition coefficient (Wildman–Crippen LogP) is 3.42. The minimum atomic E-state index is -0.274. The van der Waals surface area contributed by atoms with Crippen LogP contribution in [0.25, 0.3) is 16.6 Å². The van der Waals surface area contributed by atoms with Crippen LogP contribution in [0, 0.1) is 11.3 Å². The molecule has 0 aliphatic rings. The second-order valence-corrected chi connectivity index (χ2v) is 5.66. The van der Waals surface area contributed by atoms with E-state index in [0.29, 0.717) is 17.0 Å². The summed E-state index contributed by atoms with van der Waals surface area (Å²) in [4.78, 5) is 12.4. The topological polar surface area (TPSA) is 113 Å². The third-order valence-electron chi connectivity index (χ3n) is 3.91. The van der Waals surface area contributed by atoms with Gasteiger partial charge in [-0.3, -0.25) is 0 Å². The number of ether oxygens (including phenoxy) is 2. The Bertz CT molecular complexity index is 1050. The van der Waals surface area contributed by atoms with Gasteiger partial charge in [0.05, 0.1) is 31.5 Å². The number of oxime groups is 1. The average molecular weight is 378 g/mol. The van der Waals surface area contributed by atoms with Gasteiger partial charge in [-0.1, -0.05) is 17.3 Å². The number of hydrogen-bond donors (Lipinski definition) is 2. The first kappa shape index (κ1) is 18.8. The molecule has 0 unspecified atom stereocenters. The summed E-state index contributed by atoms with van der Waals surface area (Å²) >= 11 is 0. The van der Waals surface area contributed by atoms with E-state index in [1.165, 1.54) is 6.21 Å². The molecule has 0 radical (unpaired) electrons. The Kier molecular flexibility index (Phi) is 5.77. The number of imidazole rings is 1. The molecule has 28 heavy (non-hydrogen) atoms. The molecule has 0 aliphatic heterocycles. The summed E-state index contributed by atoms with van der Waals surface area (Å²) in [5.74, 6) is 1.16. The summed E-state index contributed by atoms with van der Waals surface area (Å²) in [5, 5.41) is 23.4. The zero-order valence-electron chi connectivity index (χ0n) is 15.3. The predicted molar refractivity (Wildman–Crippen MR) is 104 cm³/mol. The monoisotopic (exact) mass is 378 g/mol. The standard InChI is InChI=1S/C20H18N4O4/c1-26-18-8-7-13(9-19(18)27-2)11-22-28-12-17(25)14(10-21)20-23-15-5-3-4-6-16(15)24-20/h3-9,11,25H,12H2,1-2H3,(H,23,24)/b17-14-,22-11?. The Labute approximate surface area is 161 Å². The zero-order valence-corrected chi connectivity index (χ0v) is 15.3. The van der Waals surface area contributed by atoms with Crippen molar-refractivity contribution >= 4 is 22.8 Å². The summed E-state index contributed by atoms with van der Waals surface area (Å²) < 4.78 is 10.4. The van der Waals surface area contributed by atoms with Crippen molar-refractivity contribution in [1.82, 2.24) is 9.97 Å². The largest absolute Gasteiger partial charge is 0.507 e. The number of rotatable bonds is 7. The summed E-state index contributed by atoms with van der Waals surface area (Å²) in [6.07, 6.45) is 1.46. The van der Waals surface area contributed by atoms with Crippen LogP contribution in [0.4, 0.5) is 0 Å². The van der Waals surface area contributed by atoms with E-state index in [1.807, 2.05) is 30.3 Å². The lowest BCUT2D eigenvalue weighted by atomic mass is 10.2. The van der Waals surface area contributed by atoms with Gasteiger partial charge in [-0.05, 0) is 30.3 Å². The number of aromatic amines is 1. The van der Waals surface area contributed by atoms with Crippen molar-refractivity contribution in [3.05, 3.63) is 59.6 Å². The Morgan fingerprint density at radius 1 is 1.21 bits per heavy atom. The highest BCUT2D eigenvalue weighted by molar-refractivity contribution is 5.83. The van der Waals surface area contributed by atoms with Crippen LogP contribution in [0.2, 0.25) is 0 Å². The number of aromatic nitrogens is 2. The first-order valence-corrected chi connectivity index (χ1v) is 8.31. The molecule has 0 bridgehead atoms. The highest BCUT2D eigenvalue weighted by atomic mass is 16.6. The number of nitrogens with one attached hydrogen (secondary N) is 1. The van der Waals surface area contributed by atoms with Gasteiger partial charge in [0.2, 0.25) is 0 Å². The molecular formula is C20H18N4O4. The number of para-hydroxylation sites is 2. The summed E-state index contributed by atoms with van der Waals surface area (Å²) in [7, 11) is 3.10. The molecule has 1 heterocycles. The van der Waals surface area contributed by atoms with Crippen LogP contribution in [0.5, 0.6) is 11.5 Å². The molecule has 0 spiro atoms. The van der Waals surface area contributed by atoms with Crippen molar-refractivity contribution in [2.24, 2.45) is 5.16 Å². The zero-order chi connectivity index (χ0) is 19.9. The van der Waals surface area contributed by atoms with Crippen molar-refractivity contribution < 1.29 is 19.4 Å². The molecule has 2 aromatic carbocycles. The molecule has 0 atom stereocenters. The molecule has 3 rings (SSSR count). The molecule has 0 saturated carbocycles. The maximum absolute atomic E-state index is 10.2. The molecule has 0 amide bonds. The van der Waals surface area contributed by atoms with Crippen LogP contribution in [-0.4, -0.2) is 42.1 Å². The molecule has 142 valence electrons. The quantitative estimate of drug-likeness (QED) is 0.282. The van der Waals surface area contributed by atoms with Gasteiger partial charge < -0.3 is 24.4 Å². The Morgan fingerprint density at radius 2 is 2.00 bits per heavy atom. The Balaban J connectivity index is 1.70. The maximum Gasteiger partial charge on any atom is 0.175 e. The van der Waals surface area contributed by atoms with Crippen LogP contribution >= 0.6 is 0 Å². The Hall–Kier alpha value is -3.99. The maximum atomic E-state index is 10.2. The number of methoxy groups -OCH3 is 2. The molecular weight excluding hydrogens is 360 g/mol. The van der Waals surface area contributed by atoms with E-state index in [0.717, 1.165) is 11.1 Å². The smallest absolute Gasteiger partial charge is 0.175 e. The number of nitrogens with zero attached hydrogens (tertiary/aromatic N) is 3. The van der Waals surface area contributed by atoms with E-state index in [1.54, 1.807) is 32.4 Å². The van der Waals surface area contributed by atoms with E-state index in [4.69, 9.17) is 14.3 Å². The van der Waals surface area contributed by atoms with E-state index >= 15 is 0 Å². The number of hydrogen-bond acceptors (Lipinski definition) is 7.